The van der Waals surface area contributed by atoms with Crippen LogP contribution in [0.4, 0.5) is 0 Å². The molecule has 1 aliphatic rings. The molecule has 1 fully saturated rings. The van der Waals surface area contributed by atoms with E-state index < -0.39 is 0 Å². The summed E-state index contributed by atoms with van der Waals surface area (Å²) in [6.45, 7) is 0.965. The summed E-state index contributed by atoms with van der Waals surface area (Å²) in [7, 11) is 0. The van der Waals surface area contributed by atoms with Gasteiger partial charge in [-0.05, 0) is 53.5 Å². The van der Waals surface area contributed by atoms with E-state index in [1.807, 2.05) is 24.3 Å². The molecule has 0 bridgehead atoms. The molecule has 2 nitrogen and oxygen atoms in total. The number of hydrogen-bond acceptors (Lipinski definition) is 2. The van der Waals surface area contributed by atoms with Gasteiger partial charge in [0, 0.05) is 9.13 Å². The van der Waals surface area contributed by atoms with E-state index in [0.717, 1.165) is 15.7 Å². The minimum absolute atomic E-state index is 0.0880. The predicted molar refractivity (Wildman–Crippen MR) is 85.5 cm³/mol. The van der Waals surface area contributed by atoms with Gasteiger partial charge in [-0.15, -0.1) is 0 Å². The molecule has 0 unspecified atom stereocenters. The topological polar surface area (TPSA) is 26.3 Å². The van der Waals surface area contributed by atoms with E-state index in [2.05, 4.69) is 22.6 Å². The number of ether oxygens (including phenoxy) is 1. The molecule has 0 saturated heterocycles. The molecule has 104 valence electrons. The molecule has 1 aromatic rings. The largest absolute Gasteiger partial charge is 0.373 e. The molecule has 1 aliphatic carbocycles. The predicted octanol–water partition coefficient (Wildman–Crippen LogP) is 4.46. The molecule has 0 atom stereocenters. The normalized spacial score (nSPS) is 17.1. The standard InChI is InChI=1S/C16H21IO2/c17-15-9-7-14(8-10-15)16(18)12-19-11-13-5-3-1-2-4-6-13/h7-10,13H,1-6,11-12H2. The van der Waals surface area contributed by atoms with Gasteiger partial charge in [0.25, 0.3) is 0 Å². The summed E-state index contributed by atoms with van der Waals surface area (Å²) in [6, 6.07) is 7.66. The van der Waals surface area contributed by atoms with Crippen molar-refractivity contribution in [3.05, 3.63) is 33.4 Å². The van der Waals surface area contributed by atoms with E-state index in [0.29, 0.717) is 5.92 Å². The fourth-order valence-electron chi connectivity index (χ4n) is 2.57. The van der Waals surface area contributed by atoms with Crippen LogP contribution in [-0.2, 0) is 4.74 Å². The molecule has 1 saturated carbocycles. The lowest BCUT2D eigenvalue weighted by Crippen LogP contribution is -2.15. The molecule has 0 heterocycles. The maximum Gasteiger partial charge on any atom is 0.188 e. The molecular formula is C16H21IO2. The summed E-state index contributed by atoms with van der Waals surface area (Å²) in [5.74, 6) is 0.747. The smallest absolute Gasteiger partial charge is 0.188 e. The van der Waals surface area contributed by atoms with Crippen molar-refractivity contribution in [1.82, 2.24) is 0 Å². The zero-order chi connectivity index (χ0) is 13.5. The van der Waals surface area contributed by atoms with Gasteiger partial charge in [-0.25, -0.2) is 0 Å². The van der Waals surface area contributed by atoms with E-state index in [-0.39, 0.29) is 12.4 Å². The van der Waals surface area contributed by atoms with Gasteiger partial charge in [-0.2, -0.15) is 0 Å². The van der Waals surface area contributed by atoms with Crippen molar-refractivity contribution in [2.75, 3.05) is 13.2 Å². The number of halogens is 1. The van der Waals surface area contributed by atoms with E-state index >= 15 is 0 Å². The highest BCUT2D eigenvalue weighted by atomic mass is 127. The summed E-state index contributed by atoms with van der Waals surface area (Å²) >= 11 is 2.24. The molecule has 1 aromatic carbocycles. The first-order valence-corrected chi connectivity index (χ1v) is 8.20. The van der Waals surface area contributed by atoms with Crippen molar-refractivity contribution >= 4 is 28.4 Å². The van der Waals surface area contributed by atoms with Crippen LogP contribution in [0.15, 0.2) is 24.3 Å². The zero-order valence-electron chi connectivity index (χ0n) is 11.2. The lowest BCUT2D eigenvalue weighted by Gasteiger charge is -2.13. The van der Waals surface area contributed by atoms with Crippen LogP contribution in [0.5, 0.6) is 0 Å². The van der Waals surface area contributed by atoms with Gasteiger partial charge in [0.2, 0.25) is 0 Å². The Bertz CT molecular complexity index is 392. The molecular weight excluding hydrogens is 351 g/mol. The zero-order valence-corrected chi connectivity index (χ0v) is 13.4. The van der Waals surface area contributed by atoms with Crippen LogP contribution in [0.25, 0.3) is 0 Å². The van der Waals surface area contributed by atoms with Crippen molar-refractivity contribution in [3.8, 4) is 0 Å². The van der Waals surface area contributed by atoms with Crippen molar-refractivity contribution in [1.29, 1.82) is 0 Å². The third-order valence-corrected chi connectivity index (χ3v) is 4.45. The van der Waals surface area contributed by atoms with Gasteiger partial charge in [0.1, 0.15) is 6.61 Å². The maximum absolute atomic E-state index is 11.9. The monoisotopic (exact) mass is 372 g/mol. The molecule has 0 aromatic heterocycles. The fourth-order valence-corrected chi connectivity index (χ4v) is 2.93. The van der Waals surface area contributed by atoms with Gasteiger partial charge >= 0.3 is 0 Å². The Morgan fingerprint density at radius 3 is 2.37 bits per heavy atom. The molecule has 3 heteroatoms. The quantitative estimate of drug-likeness (QED) is 0.433. The first-order chi connectivity index (χ1) is 9.25. The van der Waals surface area contributed by atoms with Gasteiger partial charge in [0.15, 0.2) is 5.78 Å². The molecule has 0 amide bonds. The van der Waals surface area contributed by atoms with Crippen molar-refractivity contribution in [2.45, 2.75) is 38.5 Å². The molecule has 0 spiro atoms. The second-order valence-electron chi connectivity index (χ2n) is 5.30. The molecule has 19 heavy (non-hydrogen) atoms. The number of benzene rings is 1. The summed E-state index contributed by atoms with van der Waals surface area (Å²) < 4.78 is 6.77. The molecule has 0 aliphatic heterocycles. The molecule has 0 N–H and O–H groups in total. The Balaban J connectivity index is 1.72. The van der Waals surface area contributed by atoms with Crippen molar-refractivity contribution in [3.63, 3.8) is 0 Å². The first kappa shape index (κ1) is 15.0. The van der Waals surface area contributed by atoms with Gasteiger partial charge in [-0.1, -0.05) is 37.8 Å². The minimum atomic E-state index is 0.0880. The van der Waals surface area contributed by atoms with E-state index in [4.69, 9.17) is 4.74 Å². The highest BCUT2D eigenvalue weighted by Gasteiger charge is 2.13. The first-order valence-electron chi connectivity index (χ1n) is 7.12. The van der Waals surface area contributed by atoms with E-state index in [1.165, 1.54) is 38.5 Å². The third kappa shape index (κ3) is 5.22. The molecule has 0 radical (unpaired) electrons. The lowest BCUT2D eigenvalue weighted by molar-refractivity contribution is 0.0658. The van der Waals surface area contributed by atoms with Crippen LogP contribution < -0.4 is 0 Å². The Morgan fingerprint density at radius 2 is 1.74 bits per heavy atom. The summed E-state index contributed by atoms with van der Waals surface area (Å²) in [4.78, 5) is 11.9. The van der Waals surface area contributed by atoms with Crippen LogP contribution in [0.1, 0.15) is 48.9 Å². The number of carbonyl (C=O) groups is 1. The van der Waals surface area contributed by atoms with Crippen LogP contribution in [0, 0.1) is 9.49 Å². The van der Waals surface area contributed by atoms with Crippen LogP contribution >= 0.6 is 22.6 Å². The third-order valence-electron chi connectivity index (χ3n) is 3.73. The van der Waals surface area contributed by atoms with Crippen molar-refractivity contribution < 1.29 is 9.53 Å². The minimum Gasteiger partial charge on any atom is -0.373 e. The highest BCUT2D eigenvalue weighted by molar-refractivity contribution is 14.1. The number of carbonyl (C=O) groups excluding carboxylic acids is 1. The lowest BCUT2D eigenvalue weighted by atomic mass is 10.0. The number of ketones is 1. The van der Waals surface area contributed by atoms with Gasteiger partial charge < -0.3 is 4.74 Å². The number of Topliss-reactive ketones (excluding diaryl/α,β-unsaturated/α-hetero) is 1. The summed E-state index contributed by atoms with van der Waals surface area (Å²) in [5, 5.41) is 0. The van der Waals surface area contributed by atoms with Crippen LogP contribution in [-0.4, -0.2) is 19.0 Å². The number of hydrogen-bond donors (Lipinski definition) is 0. The van der Waals surface area contributed by atoms with E-state index in [9.17, 15) is 4.79 Å². The van der Waals surface area contributed by atoms with Crippen LogP contribution in [0.3, 0.4) is 0 Å². The Labute approximate surface area is 129 Å². The summed E-state index contributed by atoms with van der Waals surface area (Å²) in [6.07, 6.45) is 7.88. The average Bonchev–Trinajstić information content (AvgIpc) is 2.68. The van der Waals surface area contributed by atoms with Crippen molar-refractivity contribution in [2.24, 2.45) is 5.92 Å². The Morgan fingerprint density at radius 1 is 1.11 bits per heavy atom. The molecule has 2 rings (SSSR count). The fraction of sp³-hybridized carbons (Fsp3) is 0.562. The average molecular weight is 372 g/mol. The summed E-state index contributed by atoms with van der Waals surface area (Å²) in [5.41, 5.74) is 0.751. The Kier molecular flexibility index (Phi) is 6.31. The highest BCUT2D eigenvalue weighted by Crippen LogP contribution is 2.22. The van der Waals surface area contributed by atoms with E-state index in [1.54, 1.807) is 0 Å². The van der Waals surface area contributed by atoms with Crippen LogP contribution in [0.2, 0.25) is 0 Å². The Hall–Kier alpha value is -0.420. The van der Waals surface area contributed by atoms with Gasteiger partial charge in [-0.3, -0.25) is 4.79 Å². The van der Waals surface area contributed by atoms with Gasteiger partial charge in [0.05, 0.1) is 6.61 Å². The maximum atomic E-state index is 11.9. The second kappa shape index (κ2) is 8.00. The second-order valence-corrected chi connectivity index (χ2v) is 6.55. The SMILES string of the molecule is O=C(COCC1CCCCCC1)c1ccc(I)cc1. The number of rotatable bonds is 5.